The molecule has 0 aliphatic carbocycles. The Balaban J connectivity index is 1.72. The van der Waals surface area contributed by atoms with Crippen molar-refractivity contribution in [1.82, 2.24) is 9.78 Å². The van der Waals surface area contributed by atoms with Gasteiger partial charge in [-0.15, -0.1) is 11.8 Å². The standard InChI is InChI=1S/C21H27N3O3S/c1-4-19-21(27-17-11-16(14-22)12-18(13-17)28-3)15(2)24(23-19)8-10-26-20-7-5-6-9-25-20/h11-13,20H,4-10H2,1-3H3. The van der Waals surface area contributed by atoms with Crippen LogP contribution >= 0.6 is 11.8 Å². The van der Waals surface area contributed by atoms with Crippen molar-refractivity contribution in [3.63, 3.8) is 0 Å². The lowest BCUT2D eigenvalue weighted by molar-refractivity contribution is -0.163. The molecule has 0 saturated carbocycles. The highest BCUT2D eigenvalue weighted by Gasteiger charge is 2.18. The summed E-state index contributed by atoms with van der Waals surface area (Å²) in [6.45, 7) is 6.04. The molecule has 6 nitrogen and oxygen atoms in total. The molecule has 0 spiro atoms. The zero-order valence-electron chi connectivity index (χ0n) is 16.7. The molecule has 0 bridgehead atoms. The molecule has 0 N–H and O–H groups in total. The van der Waals surface area contributed by atoms with E-state index in [1.165, 1.54) is 0 Å². The molecule has 28 heavy (non-hydrogen) atoms. The van der Waals surface area contributed by atoms with Crippen molar-refractivity contribution in [3.8, 4) is 17.6 Å². The van der Waals surface area contributed by atoms with E-state index >= 15 is 0 Å². The number of aryl methyl sites for hydroxylation is 1. The minimum absolute atomic E-state index is 0.0929. The number of hydrogen-bond acceptors (Lipinski definition) is 6. The maximum atomic E-state index is 9.26. The van der Waals surface area contributed by atoms with Gasteiger partial charge in [0.1, 0.15) is 11.4 Å². The van der Waals surface area contributed by atoms with E-state index in [1.54, 1.807) is 17.8 Å². The van der Waals surface area contributed by atoms with Crippen LogP contribution in [0.5, 0.6) is 11.5 Å². The Morgan fingerprint density at radius 1 is 1.36 bits per heavy atom. The van der Waals surface area contributed by atoms with Crippen molar-refractivity contribution < 1.29 is 14.2 Å². The molecule has 7 heteroatoms. The summed E-state index contributed by atoms with van der Waals surface area (Å²) in [6.07, 6.45) is 5.89. The molecular weight excluding hydrogens is 374 g/mol. The van der Waals surface area contributed by atoms with E-state index < -0.39 is 0 Å². The summed E-state index contributed by atoms with van der Waals surface area (Å²) < 4.78 is 19.6. The lowest BCUT2D eigenvalue weighted by Crippen LogP contribution is -2.24. The molecule has 1 fully saturated rings. The van der Waals surface area contributed by atoms with Crippen LogP contribution in [0.2, 0.25) is 0 Å². The van der Waals surface area contributed by atoms with Crippen molar-refractivity contribution >= 4 is 11.8 Å². The summed E-state index contributed by atoms with van der Waals surface area (Å²) in [4.78, 5) is 0.998. The van der Waals surface area contributed by atoms with Gasteiger partial charge in [-0.1, -0.05) is 6.92 Å². The van der Waals surface area contributed by atoms with Crippen molar-refractivity contribution in [1.29, 1.82) is 5.26 Å². The van der Waals surface area contributed by atoms with Gasteiger partial charge in [-0.2, -0.15) is 10.4 Å². The number of aromatic nitrogens is 2. The summed E-state index contributed by atoms with van der Waals surface area (Å²) in [6, 6.07) is 7.77. The fourth-order valence-corrected chi connectivity index (χ4v) is 3.70. The van der Waals surface area contributed by atoms with Crippen LogP contribution in [0.1, 0.15) is 43.1 Å². The monoisotopic (exact) mass is 401 g/mol. The van der Waals surface area contributed by atoms with Gasteiger partial charge in [-0.25, -0.2) is 0 Å². The van der Waals surface area contributed by atoms with E-state index in [4.69, 9.17) is 19.3 Å². The van der Waals surface area contributed by atoms with Crippen LogP contribution in [-0.4, -0.2) is 35.5 Å². The van der Waals surface area contributed by atoms with Crippen molar-refractivity contribution in [2.45, 2.75) is 57.3 Å². The Kier molecular flexibility index (Phi) is 7.37. The number of rotatable bonds is 8. The van der Waals surface area contributed by atoms with E-state index in [9.17, 15) is 5.26 Å². The van der Waals surface area contributed by atoms with Crippen LogP contribution < -0.4 is 4.74 Å². The predicted molar refractivity (Wildman–Crippen MR) is 109 cm³/mol. The average Bonchev–Trinajstić information content (AvgIpc) is 3.03. The SMILES string of the molecule is CCc1nn(CCOC2CCCCO2)c(C)c1Oc1cc(C#N)cc(SC)c1. The number of thioether (sulfide) groups is 1. The van der Waals surface area contributed by atoms with Gasteiger partial charge in [-0.3, -0.25) is 4.68 Å². The minimum Gasteiger partial charge on any atom is -0.453 e. The molecule has 1 unspecified atom stereocenters. The van der Waals surface area contributed by atoms with Gasteiger partial charge in [-0.05, 0) is 57.1 Å². The topological polar surface area (TPSA) is 69.3 Å². The number of nitrogens with zero attached hydrogens (tertiary/aromatic N) is 3. The van der Waals surface area contributed by atoms with Gasteiger partial charge in [0.25, 0.3) is 0 Å². The third kappa shape index (κ3) is 5.07. The van der Waals surface area contributed by atoms with Crippen LogP contribution in [-0.2, 0) is 22.4 Å². The van der Waals surface area contributed by atoms with Crippen LogP contribution in [0.3, 0.4) is 0 Å². The first-order chi connectivity index (χ1) is 13.6. The van der Waals surface area contributed by atoms with E-state index in [1.807, 2.05) is 30.0 Å². The van der Waals surface area contributed by atoms with Crippen molar-refractivity contribution in [3.05, 3.63) is 35.2 Å². The number of nitriles is 1. The molecule has 1 aliphatic rings. The van der Waals surface area contributed by atoms with Crippen LogP contribution in [0, 0.1) is 18.3 Å². The van der Waals surface area contributed by atoms with Gasteiger partial charge < -0.3 is 14.2 Å². The lowest BCUT2D eigenvalue weighted by Gasteiger charge is -2.22. The second-order valence-corrected chi connectivity index (χ2v) is 7.60. The lowest BCUT2D eigenvalue weighted by atomic mass is 10.2. The maximum absolute atomic E-state index is 9.26. The normalized spacial score (nSPS) is 16.7. The van der Waals surface area contributed by atoms with Gasteiger partial charge in [0.05, 0.1) is 30.5 Å². The molecule has 1 aromatic heterocycles. The second-order valence-electron chi connectivity index (χ2n) is 6.72. The Morgan fingerprint density at radius 3 is 2.89 bits per heavy atom. The molecule has 150 valence electrons. The third-order valence-corrected chi connectivity index (χ3v) is 5.47. The van der Waals surface area contributed by atoms with Gasteiger partial charge in [0, 0.05) is 11.5 Å². The minimum atomic E-state index is -0.0929. The van der Waals surface area contributed by atoms with E-state index in [0.717, 1.165) is 54.3 Å². The molecule has 0 radical (unpaired) electrons. The molecule has 0 amide bonds. The zero-order valence-corrected chi connectivity index (χ0v) is 17.6. The summed E-state index contributed by atoms with van der Waals surface area (Å²) in [5.41, 5.74) is 2.45. The van der Waals surface area contributed by atoms with Gasteiger partial charge in [0.15, 0.2) is 12.0 Å². The summed E-state index contributed by atoms with van der Waals surface area (Å²) in [5, 5.41) is 13.9. The number of hydrogen-bond donors (Lipinski definition) is 0. The van der Waals surface area contributed by atoms with E-state index in [0.29, 0.717) is 24.5 Å². The van der Waals surface area contributed by atoms with E-state index in [2.05, 4.69) is 13.0 Å². The Labute approximate surface area is 170 Å². The predicted octanol–water partition coefficient (Wildman–Crippen LogP) is 4.68. The van der Waals surface area contributed by atoms with Gasteiger partial charge in [0.2, 0.25) is 0 Å². The molecule has 2 heterocycles. The largest absolute Gasteiger partial charge is 0.453 e. The highest BCUT2D eigenvalue weighted by molar-refractivity contribution is 7.98. The number of benzene rings is 1. The quantitative estimate of drug-likeness (QED) is 0.598. The van der Waals surface area contributed by atoms with Crippen molar-refractivity contribution in [2.75, 3.05) is 19.5 Å². The maximum Gasteiger partial charge on any atom is 0.171 e. The number of ether oxygens (including phenoxy) is 3. The van der Waals surface area contributed by atoms with E-state index in [-0.39, 0.29) is 6.29 Å². The highest BCUT2D eigenvalue weighted by atomic mass is 32.2. The summed E-state index contributed by atoms with van der Waals surface area (Å²) in [7, 11) is 0. The molecular formula is C21H27N3O3S. The first-order valence-corrected chi connectivity index (χ1v) is 10.9. The van der Waals surface area contributed by atoms with Crippen LogP contribution in [0.15, 0.2) is 23.1 Å². The Bertz CT molecular complexity index is 838. The summed E-state index contributed by atoms with van der Waals surface area (Å²) in [5.74, 6) is 1.42. The van der Waals surface area contributed by atoms with Crippen molar-refractivity contribution in [2.24, 2.45) is 0 Å². The molecule has 1 saturated heterocycles. The molecule has 1 atom stereocenters. The van der Waals surface area contributed by atoms with Crippen LogP contribution in [0.4, 0.5) is 0 Å². The fourth-order valence-electron chi connectivity index (χ4n) is 3.22. The molecule has 2 aromatic rings. The molecule has 1 aliphatic heterocycles. The molecule has 1 aromatic carbocycles. The average molecular weight is 402 g/mol. The first-order valence-electron chi connectivity index (χ1n) is 9.71. The highest BCUT2D eigenvalue weighted by Crippen LogP contribution is 2.32. The first kappa shape index (κ1) is 20.7. The second kappa shape index (κ2) is 9.97. The summed E-state index contributed by atoms with van der Waals surface area (Å²) >= 11 is 1.59. The fraction of sp³-hybridized carbons (Fsp3) is 0.524. The zero-order chi connectivity index (χ0) is 19.9. The third-order valence-electron chi connectivity index (χ3n) is 4.76. The Morgan fingerprint density at radius 2 is 2.21 bits per heavy atom. The van der Waals surface area contributed by atoms with Gasteiger partial charge >= 0.3 is 0 Å². The molecule has 3 rings (SSSR count). The van der Waals surface area contributed by atoms with Crippen LogP contribution in [0.25, 0.3) is 0 Å². The Hall–Kier alpha value is -2.01. The smallest absolute Gasteiger partial charge is 0.171 e.